The smallest absolute Gasteiger partial charge is 0.325 e. The van der Waals surface area contributed by atoms with Crippen molar-refractivity contribution < 1.29 is 52.9 Å². The number of nitrogens with one attached hydrogen (secondary N) is 6. The second kappa shape index (κ2) is 30.5. The lowest BCUT2D eigenvalue weighted by atomic mass is 9.89. The number of aliphatic hydroxyl groups excluding tert-OH is 1. The molecule has 0 aliphatic carbocycles. The summed E-state index contributed by atoms with van der Waals surface area (Å²) in [5.41, 5.74) is 9.41. The van der Waals surface area contributed by atoms with Crippen LogP contribution in [-0.4, -0.2) is 132 Å². The number of aromatic nitrogens is 2. The molecule has 6 amide bonds. The zero-order chi connectivity index (χ0) is 67.1. The van der Waals surface area contributed by atoms with Gasteiger partial charge < -0.3 is 35.8 Å². The van der Waals surface area contributed by atoms with Gasteiger partial charge >= 0.3 is 11.9 Å². The van der Waals surface area contributed by atoms with E-state index < -0.39 is 111 Å². The fraction of sp³-hybridized carbons (Fsp3) is 0.531. The van der Waals surface area contributed by atoms with Crippen molar-refractivity contribution in [1.29, 1.82) is 0 Å². The summed E-state index contributed by atoms with van der Waals surface area (Å²) in [6.45, 7) is 24.7. The highest BCUT2D eigenvalue weighted by Crippen LogP contribution is 2.34. The minimum Gasteiger partial charge on any atom is -0.460 e. The summed E-state index contributed by atoms with van der Waals surface area (Å²) in [7, 11) is 0. The minimum atomic E-state index is -1.76. The third-order valence-electron chi connectivity index (χ3n) is 15.9. The van der Waals surface area contributed by atoms with Gasteiger partial charge in [-0.1, -0.05) is 134 Å². The van der Waals surface area contributed by atoms with Crippen LogP contribution in [0.4, 0.5) is 0 Å². The highest BCUT2D eigenvalue weighted by atomic mass is 35.6. The number of amides is 6. The van der Waals surface area contributed by atoms with E-state index in [1.54, 1.807) is 86.6 Å². The van der Waals surface area contributed by atoms with Crippen molar-refractivity contribution in [2.24, 2.45) is 22.7 Å². The Morgan fingerprint density at radius 3 is 2.12 bits per heavy atom. The maximum Gasteiger partial charge on any atom is 0.325 e. The number of aliphatic hydroxyl groups is 1. The van der Waals surface area contributed by atoms with Gasteiger partial charge in [0.2, 0.25) is 27.4 Å². The Bertz CT molecular complexity index is 3440. The monoisotopic (exact) mass is 1340 g/mol. The first-order valence-corrected chi connectivity index (χ1v) is 31.9. The lowest BCUT2D eigenvalue weighted by Crippen LogP contribution is -2.61. The van der Waals surface area contributed by atoms with Gasteiger partial charge in [-0.25, -0.2) is 20.8 Å². The number of alkyl halides is 3. The molecule has 0 saturated carbocycles. The summed E-state index contributed by atoms with van der Waals surface area (Å²) < 4.78 is 9.06. The molecular weight excluding hydrogens is 1260 g/mol. The Hall–Kier alpha value is -6.17. The van der Waals surface area contributed by atoms with Crippen LogP contribution in [0.3, 0.4) is 0 Å². The molecule has 8 atom stereocenters. The number of hydrazine groups is 2. The molecule has 7 rings (SSSR count). The van der Waals surface area contributed by atoms with E-state index in [1.807, 2.05) is 64.1 Å². The molecule has 0 unspecified atom stereocenters. The number of hydrogen-bond donors (Lipinski definition) is 7. The predicted molar refractivity (Wildman–Crippen MR) is 349 cm³/mol. The normalized spacial score (nSPS) is 21.8. The number of ether oxygens (including phenoxy) is 2. The third kappa shape index (κ3) is 18.5. The van der Waals surface area contributed by atoms with Crippen molar-refractivity contribution >= 4 is 139 Å². The molecule has 5 bridgehead atoms. The molecule has 2 fully saturated rings. The zero-order valence-corrected chi connectivity index (χ0v) is 57.0. The number of rotatable bonds is 12. The molecule has 0 spiro atoms. The predicted octanol–water partition coefficient (Wildman–Crippen LogP) is 9.34. The van der Waals surface area contributed by atoms with Gasteiger partial charge in [0, 0.05) is 23.9 Å². The number of aryl methyl sites for hydroxylation is 2. The van der Waals surface area contributed by atoms with Gasteiger partial charge in [-0.05, 0) is 141 Å². The number of cyclic esters (lactones) is 1. The summed E-state index contributed by atoms with van der Waals surface area (Å²) in [5, 5.41) is 26.3. The van der Waals surface area contributed by atoms with E-state index in [0.717, 1.165) is 33.0 Å². The molecule has 90 heavy (non-hydrogen) atoms. The molecule has 21 nitrogen and oxygen atoms in total. The van der Waals surface area contributed by atoms with Gasteiger partial charge in [-0.2, -0.15) is 0 Å². The number of pyridine rings is 2. The number of esters is 2. The molecule has 7 N–H and O–H groups in total. The van der Waals surface area contributed by atoms with E-state index in [-0.39, 0.29) is 17.7 Å². The van der Waals surface area contributed by atoms with Crippen molar-refractivity contribution in [3.8, 4) is 0 Å². The fourth-order valence-electron chi connectivity index (χ4n) is 10.1. The maximum absolute atomic E-state index is 13.5. The molecule has 26 heteroatoms. The average molecular weight is 1350 g/mol. The molecule has 2 aromatic heterocycles. The lowest BCUT2D eigenvalue weighted by Gasteiger charge is -2.35. The second-order valence-electron chi connectivity index (χ2n) is 25.0. The Labute approximate surface area is 550 Å². The van der Waals surface area contributed by atoms with Crippen molar-refractivity contribution in [3.63, 3.8) is 0 Å². The Morgan fingerprint density at radius 1 is 0.856 bits per heavy atom. The molecule has 0 radical (unpaired) electrons. The SMILES string of the molecule is Cc1c(/C=C/C(C)(C)C(=O)N[C@H](C(=O)N[C@@H](C)C(=O)N2CCC[C@@H](C(=O)OCC(Cl)(Cl)Cl)N2)C(C)C)ccc2c(Cl)cc([C@@H](C)O)nc12.Cc1c2ccc3c(Cl)cc(nc13)[C@@H](C)OC(=O)[C@@H]1CCCN(N1)C(=O)[C@H](C)NC(=O)[C@H](C(C)C)NC(=O)C(C)(C)/C=C/2. The summed E-state index contributed by atoms with van der Waals surface area (Å²) in [6, 6.07) is 5.60. The van der Waals surface area contributed by atoms with Crippen LogP contribution >= 0.6 is 58.0 Å². The molecule has 3 aliphatic heterocycles. The number of carbonyl (C=O) groups excluding carboxylic acids is 8. The summed E-state index contributed by atoms with van der Waals surface area (Å²) in [4.78, 5) is 115. The molecule has 2 saturated heterocycles. The topological polar surface area (TPSA) is 280 Å². The Balaban J connectivity index is 0.000000289. The number of halogens is 5. The van der Waals surface area contributed by atoms with Gasteiger partial charge in [-0.3, -0.25) is 48.4 Å². The first-order valence-electron chi connectivity index (χ1n) is 30.0. The number of hydrogen-bond acceptors (Lipinski definition) is 15. The molecule has 5 heterocycles. The van der Waals surface area contributed by atoms with E-state index in [1.165, 1.54) is 16.9 Å². The molecule has 490 valence electrons. The summed E-state index contributed by atoms with van der Waals surface area (Å²) >= 11 is 30.1. The third-order valence-corrected chi connectivity index (χ3v) is 16.9. The number of nitrogens with zero attached hydrogens (tertiary/aromatic N) is 4. The van der Waals surface area contributed by atoms with Crippen LogP contribution in [0.15, 0.2) is 48.6 Å². The van der Waals surface area contributed by atoms with Gasteiger partial charge in [0.1, 0.15) is 49.0 Å². The fourth-order valence-corrected chi connectivity index (χ4v) is 10.8. The molecule has 2 aromatic carbocycles. The quantitative estimate of drug-likeness (QED) is 0.0514. The standard InChI is InChI=1S/C33H43Cl4N5O6.C31H40ClN5O5/c1-17(2)26(28(44)38-19(4)29(45)42-14-8-9-24(41-42)30(46)48-16-33(35,36)37)40-31(47)32(6,7)13-12-21-10-11-22-23(34)15-25(20(5)43)39-27(22)18(21)3;1-16(2)25-27(38)33-18(4)28(39)37-14-8-9-23(36-37)29(40)42-19(5)24-15-22(32)21-11-10-20(17(3)26(21)34-24)12-13-31(6,7)30(41)35-25/h10-13,15,17,19-20,24,26,41,43H,8-9,14,16H2,1-7H3,(H,38,44)(H,40,47);10-13,15-16,18-19,23,25,36H,8-9,14H2,1-7H3,(H,33,38)(H,35,41)/b2*13-12+/t19-,20+,24-,26-;18-,19+,23-,25-/m00/s1. The van der Waals surface area contributed by atoms with Crippen LogP contribution < -0.4 is 32.1 Å². The van der Waals surface area contributed by atoms with Crippen LogP contribution in [0.2, 0.25) is 10.0 Å². The van der Waals surface area contributed by atoms with E-state index in [4.69, 9.17) is 72.5 Å². The van der Waals surface area contributed by atoms with E-state index in [0.29, 0.717) is 71.2 Å². The van der Waals surface area contributed by atoms with Gasteiger partial charge in [-0.15, -0.1) is 0 Å². The average Bonchev–Trinajstić information content (AvgIpc) is 0.881. The van der Waals surface area contributed by atoms with Crippen LogP contribution in [0.1, 0.15) is 155 Å². The van der Waals surface area contributed by atoms with E-state index in [2.05, 4.69) is 37.1 Å². The van der Waals surface area contributed by atoms with Gasteiger partial charge in [0.15, 0.2) is 0 Å². The number of carbonyl (C=O) groups is 8. The van der Waals surface area contributed by atoms with E-state index >= 15 is 0 Å². The highest BCUT2D eigenvalue weighted by molar-refractivity contribution is 6.67. The van der Waals surface area contributed by atoms with Crippen molar-refractivity contribution in [1.82, 2.24) is 52.1 Å². The molecule has 4 aromatic rings. The van der Waals surface area contributed by atoms with Crippen LogP contribution in [-0.2, 0) is 47.8 Å². The first kappa shape index (κ1) is 72.9. The first-order chi connectivity index (χ1) is 41.9. The van der Waals surface area contributed by atoms with Crippen LogP contribution in [0, 0.1) is 36.5 Å². The van der Waals surface area contributed by atoms with Crippen LogP contribution in [0.25, 0.3) is 34.0 Å². The Morgan fingerprint density at radius 2 is 1.49 bits per heavy atom. The number of benzene rings is 2. The Kier molecular flexibility index (Phi) is 24.7. The second-order valence-corrected chi connectivity index (χ2v) is 28.3. The number of fused-ring (bicyclic) bond motifs is 5. The van der Waals surface area contributed by atoms with E-state index in [9.17, 15) is 43.5 Å². The largest absolute Gasteiger partial charge is 0.460 e. The molecular formula is C64H83Cl5N10O11. The zero-order valence-electron chi connectivity index (χ0n) is 53.2. The van der Waals surface area contributed by atoms with Gasteiger partial charge in [0.25, 0.3) is 11.8 Å². The van der Waals surface area contributed by atoms with Crippen molar-refractivity contribution in [2.45, 2.75) is 175 Å². The van der Waals surface area contributed by atoms with Crippen molar-refractivity contribution in [2.75, 3.05) is 19.7 Å². The van der Waals surface area contributed by atoms with Gasteiger partial charge in [0.05, 0.1) is 49.4 Å². The maximum atomic E-state index is 13.5. The summed E-state index contributed by atoms with van der Waals surface area (Å²) in [5.74, 6) is -4.31. The van der Waals surface area contributed by atoms with Crippen LogP contribution in [0.5, 0.6) is 0 Å². The lowest BCUT2D eigenvalue weighted by molar-refractivity contribution is -0.157. The molecule has 3 aliphatic rings. The summed E-state index contributed by atoms with van der Waals surface area (Å²) in [6.07, 6.45) is 7.68. The van der Waals surface area contributed by atoms with Crippen molar-refractivity contribution in [3.05, 3.63) is 92.2 Å². The highest BCUT2D eigenvalue weighted by Gasteiger charge is 2.38. The minimum absolute atomic E-state index is 0.236.